The second-order valence-corrected chi connectivity index (χ2v) is 6.33. The molecule has 0 amide bonds. The number of sulfonamides is 1. The quantitative estimate of drug-likeness (QED) is 0.873. The van der Waals surface area contributed by atoms with E-state index in [1.807, 2.05) is 13.8 Å². The zero-order valence-electron chi connectivity index (χ0n) is 11.8. The Kier molecular flexibility index (Phi) is 5.63. The molecule has 0 radical (unpaired) electrons. The van der Waals surface area contributed by atoms with Crippen LogP contribution in [0.15, 0.2) is 23.1 Å². The van der Waals surface area contributed by atoms with Crippen LogP contribution in [0.2, 0.25) is 0 Å². The number of hydrogen-bond acceptors (Lipinski definition) is 3. The third kappa shape index (κ3) is 5.55. The number of alkyl halides is 3. The van der Waals surface area contributed by atoms with Gasteiger partial charge in [-0.2, -0.15) is 13.2 Å². The minimum Gasteiger partial charge on any atom is -0.493 e. The van der Waals surface area contributed by atoms with Crippen LogP contribution in [-0.4, -0.2) is 21.2 Å². The van der Waals surface area contributed by atoms with E-state index in [0.29, 0.717) is 12.0 Å². The van der Waals surface area contributed by atoms with Crippen molar-refractivity contribution in [2.24, 2.45) is 5.14 Å². The van der Waals surface area contributed by atoms with E-state index >= 15 is 0 Å². The maximum Gasteiger partial charge on any atom is 0.392 e. The third-order valence-corrected chi connectivity index (χ3v) is 4.01. The van der Waals surface area contributed by atoms with Gasteiger partial charge in [0.1, 0.15) is 5.75 Å². The van der Waals surface area contributed by atoms with Crippen LogP contribution in [0.4, 0.5) is 13.2 Å². The van der Waals surface area contributed by atoms with Crippen LogP contribution in [0, 0.1) is 0 Å². The molecule has 8 heteroatoms. The lowest BCUT2D eigenvalue weighted by Crippen LogP contribution is -2.15. The van der Waals surface area contributed by atoms with Crippen LogP contribution in [0.1, 0.15) is 38.2 Å². The molecule has 0 heterocycles. The van der Waals surface area contributed by atoms with Gasteiger partial charge in [-0.15, -0.1) is 0 Å². The summed E-state index contributed by atoms with van der Waals surface area (Å²) in [5, 5.41) is 5.06. The Morgan fingerprint density at radius 1 is 1.33 bits per heavy atom. The first kappa shape index (κ1) is 17.8. The van der Waals surface area contributed by atoms with E-state index in [4.69, 9.17) is 9.88 Å². The molecular formula is C13H18F3NO3S. The van der Waals surface area contributed by atoms with Crippen molar-refractivity contribution in [1.29, 1.82) is 0 Å². The molecule has 0 bridgehead atoms. The maximum absolute atomic E-state index is 12.1. The van der Waals surface area contributed by atoms with Gasteiger partial charge in [0.2, 0.25) is 10.0 Å². The van der Waals surface area contributed by atoms with E-state index in [1.54, 1.807) is 0 Å². The van der Waals surface area contributed by atoms with Crippen molar-refractivity contribution in [1.82, 2.24) is 0 Å². The average Bonchev–Trinajstić information content (AvgIpc) is 2.35. The Hall–Kier alpha value is -1.28. The minimum atomic E-state index is -4.29. The highest BCUT2D eigenvalue weighted by Gasteiger charge is 2.27. The van der Waals surface area contributed by atoms with E-state index in [-0.39, 0.29) is 16.6 Å². The molecule has 1 aromatic carbocycles. The van der Waals surface area contributed by atoms with Gasteiger partial charge >= 0.3 is 6.18 Å². The first-order valence-corrected chi connectivity index (χ1v) is 7.95. The Bertz CT molecular complexity index is 585. The van der Waals surface area contributed by atoms with Crippen LogP contribution < -0.4 is 9.88 Å². The first-order chi connectivity index (χ1) is 9.54. The van der Waals surface area contributed by atoms with Gasteiger partial charge in [-0.1, -0.05) is 13.8 Å². The van der Waals surface area contributed by atoms with E-state index in [9.17, 15) is 21.6 Å². The van der Waals surface area contributed by atoms with Gasteiger partial charge in [-0.05, 0) is 36.1 Å². The highest BCUT2D eigenvalue weighted by atomic mass is 32.2. The number of hydrogen-bond donors (Lipinski definition) is 1. The van der Waals surface area contributed by atoms with Gasteiger partial charge in [0, 0.05) is 0 Å². The van der Waals surface area contributed by atoms with E-state index in [1.165, 1.54) is 18.2 Å². The Morgan fingerprint density at radius 3 is 2.43 bits per heavy atom. The molecule has 1 aromatic rings. The van der Waals surface area contributed by atoms with Crippen molar-refractivity contribution in [2.75, 3.05) is 6.61 Å². The minimum absolute atomic E-state index is 0.0624. The van der Waals surface area contributed by atoms with Crippen molar-refractivity contribution < 1.29 is 26.3 Å². The highest BCUT2D eigenvalue weighted by molar-refractivity contribution is 7.89. The molecule has 2 N–H and O–H groups in total. The molecule has 0 saturated carbocycles. The van der Waals surface area contributed by atoms with E-state index in [0.717, 1.165) is 0 Å². The highest BCUT2D eigenvalue weighted by Crippen LogP contribution is 2.31. The van der Waals surface area contributed by atoms with Gasteiger partial charge in [0.25, 0.3) is 0 Å². The summed E-state index contributed by atoms with van der Waals surface area (Å²) in [6.07, 6.45) is -4.68. The summed E-state index contributed by atoms with van der Waals surface area (Å²) < 4.78 is 64.2. The summed E-state index contributed by atoms with van der Waals surface area (Å²) >= 11 is 0. The van der Waals surface area contributed by atoms with Gasteiger partial charge in [0.05, 0.1) is 17.9 Å². The van der Waals surface area contributed by atoms with Gasteiger partial charge in [-0.3, -0.25) is 0 Å². The molecule has 0 aliphatic heterocycles. The Labute approximate surface area is 122 Å². The number of halogens is 3. The predicted molar refractivity (Wildman–Crippen MR) is 72.7 cm³/mol. The maximum atomic E-state index is 12.1. The van der Waals surface area contributed by atoms with E-state index in [2.05, 4.69) is 0 Å². The summed E-state index contributed by atoms with van der Waals surface area (Å²) in [6, 6.07) is 3.92. The predicted octanol–water partition coefficient (Wildman–Crippen LogP) is 3.18. The molecule has 1 rings (SSSR count). The van der Waals surface area contributed by atoms with Gasteiger partial charge in [0.15, 0.2) is 0 Å². The summed E-state index contributed by atoms with van der Waals surface area (Å²) in [5.74, 6) is 0.189. The van der Waals surface area contributed by atoms with E-state index < -0.39 is 29.2 Å². The Balaban J connectivity index is 3.03. The lowest BCUT2D eigenvalue weighted by atomic mass is 9.98. The topological polar surface area (TPSA) is 69.4 Å². The largest absolute Gasteiger partial charge is 0.493 e. The van der Waals surface area contributed by atoms with Crippen molar-refractivity contribution >= 4 is 10.0 Å². The zero-order chi connectivity index (χ0) is 16.3. The standard InChI is InChI=1S/C13H18F3NO3S/c1-3-9(2)11-8-10(21(17,18)19)4-5-12(11)20-7-6-13(14,15)16/h4-5,8-9H,3,6-7H2,1-2H3,(H2,17,18,19). The molecule has 0 aliphatic rings. The second-order valence-electron chi connectivity index (χ2n) is 4.77. The molecule has 21 heavy (non-hydrogen) atoms. The van der Waals surface area contributed by atoms with Crippen molar-refractivity contribution in [2.45, 2.75) is 43.7 Å². The molecule has 0 spiro atoms. The normalized spacial score (nSPS) is 14.0. The fourth-order valence-corrected chi connectivity index (χ4v) is 2.27. The summed E-state index contributed by atoms with van der Waals surface area (Å²) in [4.78, 5) is -0.0824. The smallest absolute Gasteiger partial charge is 0.392 e. The lowest BCUT2D eigenvalue weighted by molar-refractivity contribution is -0.139. The number of nitrogens with two attached hydrogens (primary N) is 1. The lowest BCUT2D eigenvalue weighted by Gasteiger charge is -2.17. The number of ether oxygens (including phenoxy) is 1. The van der Waals surface area contributed by atoms with Crippen LogP contribution in [0.5, 0.6) is 5.75 Å². The molecule has 4 nitrogen and oxygen atoms in total. The first-order valence-electron chi connectivity index (χ1n) is 6.41. The SMILES string of the molecule is CCC(C)c1cc(S(N)(=O)=O)ccc1OCCC(F)(F)F. The monoisotopic (exact) mass is 325 g/mol. The molecule has 1 unspecified atom stereocenters. The number of rotatable bonds is 6. The third-order valence-electron chi connectivity index (χ3n) is 3.10. The number of benzene rings is 1. The van der Waals surface area contributed by atoms with Crippen molar-refractivity contribution in [3.8, 4) is 5.75 Å². The fourth-order valence-electron chi connectivity index (χ4n) is 1.72. The fraction of sp³-hybridized carbons (Fsp3) is 0.538. The van der Waals surface area contributed by atoms with Gasteiger partial charge in [-0.25, -0.2) is 13.6 Å². The Morgan fingerprint density at radius 2 is 1.95 bits per heavy atom. The zero-order valence-corrected chi connectivity index (χ0v) is 12.6. The summed E-state index contributed by atoms with van der Waals surface area (Å²) in [5.41, 5.74) is 0.534. The van der Waals surface area contributed by atoms with Crippen LogP contribution in [0.25, 0.3) is 0 Å². The molecular weight excluding hydrogens is 307 g/mol. The van der Waals surface area contributed by atoms with Crippen molar-refractivity contribution in [3.05, 3.63) is 23.8 Å². The second kappa shape index (κ2) is 6.65. The van der Waals surface area contributed by atoms with Gasteiger partial charge < -0.3 is 4.74 Å². The van der Waals surface area contributed by atoms with Crippen LogP contribution >= 0.6 is 0 Å². The molecule has 0 aromatic heterocycles. The van der Waals surface area contributed by atoms with Crippen LogP contribution in [0.3, 0.4) is 0 Å². The average molecular weight is 325 g/mol. The molecule has 0 saturated heterocycles. The molecule has 120 valence electrons. The molecule has 0 aliphatic carbocycles. The molecule has 0 fully saturated rings. The van der Waals surface area contributed by atoms with Crippen LogP contribution in [-0.2, 0) is 10.0 Å². The molecule has 1 atom stereocenters. The summed E-state index contributed by atoms with van der Waals surface area (Å²) in [7, 11) is -3.86. The summed E-state index contributed by atoms with van der Waals surface area (Å²) in [6.45, 7) is 3.20. The van der Waals surface area contributed by atoms with Crippen molar-refractivity contribution in [3.63, 3.8) is 0 Å². The number of primary sulfonamides is 1.